The topological polar surface area (TPSA) is 95.7 Å². The van der Waals surface area contributed by atoms with E-state index in [0.717, 1.165) is 5.56 Å². The highest BCUT2D eigenvalue weighted by molar-refractivity contribution is 6.30. The van der Waals surface area contributed by atoms with Crippen LogP contribution in [0.5, 0.6) is 17.2 Å². The molecule has 0 unspecified atom stereocenters. The van der Waals surface area contributed by atoms with Crippen LogP contribution in [0.3, 0.4) is 0 Å². The number of anilines is 1. The lowest BCUT2D eigenvalue weighted by Gasteiger charge is -2.12. The summed E-state index contributed by atoms with van der Waals surface area (Å²) < 4.78 is 21.7. The Hall–Kier alpha value is -4.30. The lowest BCUT2D eigenvalue weighted by atomic mass is 10.1. The van der Waals surface area contributed by atoms with Crippen LogP contribution in [0.2, 0.25) is 5.02 Å². The Balaban J connectivity index is 1.59. The van der Waals surface area contributed by atoms with E-state index in [9.17, 15) is 4.79 Å². The molecule has 1 heterocycles. The number of hydrogen-bond acceptors (Lipinski definition) is 7. The van der Waals surface area contributed by atoms with E-state index in [4.69, 9.17) is 30.3 Å². The molecule has 0 aliphatic heterocycles. The highest BCUT2D eigenvalue weighted by atomic mass is 35.5. The highest BCUT2D eigenvalue weighted by Gasteiger charge is 2.19. The smallest absolute Gasteiger partial charge is 0.260 e. The number of methoxy groups -OCH3 is 3. The molecule has 9 heteroatoms. The molecule has 4 rings (SSSR count). The summed E-state index contributed by atoms with van der Waals surface area (Å²) in [7, 11) is 4.59. The third-order valence-electron chi connectivity index (χ3n) is 5.06. The van der Waals surface area contributed by atoms with E-state index in [-0.39, 0.29) is 11.8 Å². The number of ether oxygens (including phenoxy) is 3. The Labute approximate surface area is 207 Å². The lowest BCUT2D eigenvalue weighted by Crippen LogP contribution is -2.08. The van der Waals surface area contributed by atoms with Gasteiger partial charge in [0.15, 0.2) is 11.5 Å². The Kier molecular flexibility index (Phi) is 7.32. The number of benzene rings is 3. The van der Waals surface area contributed by atoms with Gasteiger partial charge in [0.1, 0.15) is 0 Å². The molecule has 0 aliphatic rings. The first-order chi connectivity index (χ1) is 17.0. The van der Waals surface area contributed by atoms with E-state index in [2.05, 4.69) is 15.5 Å². The maximum Gasteiger partial charge on any atom is 0.260 e. The van der Waals surface area contributed by atoms with E-state index in [1.807, 2.05) is 18.2 Å². The molecule has 0 radical (unpaired) electrons. The van der Waals surface area contributed by atoms with Crippen molar-refractivity contribution in [1.29, 1.82) is 0 Å². The van der Waals surface area contributed by atoms with Crippen molar-refractivity contribution in [2.75, 3.05) is 26.6 Å². The van der Waals surface area contributed by atoms with Crippen molar-refractivity contribution in [3.05, 3.63) is 77.3 Å². The molecule has 178 valence electrons. The van der Waals surface area contributed by atoms with Crippen molar-refractivity contribution >= 4 is 29.3 Å². The largest absolute Gasteiger partial charge is 0.493 e. The van der Waals surface area contributed by atoms with Gasteiger partial charge in [-0.2, -0.15) is 4.98 Å². The van der Waals surface area contributed by atoms with Crippen LogP contribution in [0, 0.1) is 0 Å². The molecule has 1 N–H and O–H groups in total. The Morgan fingerprint density at radius 3 is 2.31 bits per heavy atom. The van der Waals surface area contributed by atoms with Gasteiger partial charge in [-0.15, -0.1) is 0 Å². The fraction of sp³-hybridized carbons (Fsp3) is 0.115. The summed E-state index contributed by atoms with van der Waals surface area (Å²) >= 11 is 5.90. The number of amides is 1. The van der Waals surface area contributed by atoms with Crippen LogP contribution in [-0.2, 0) is 4.79 Å². The zero-order chi connectivity index (χ0) is 24.8. The molecule has 1 aromatic heterocycles. The van der Waals surface area contributed by atoms with Crippen LogP contribution in [0.15, 0.2) is 71.3 Å². The van der Waals surface area contributed by atoms with Gasteiger partial charge in [0.25, 0.3) is 5.89 Å². The van der Waals surface area contributed by atoms with Crippen molar-refractivity contribution in [3.8, 4) is 40.1 Å². The molecule has 3 aromatic carbocycles. The number of aromatic nitrogens is 2. The van der Waals surface area contributed by atoms with Gasteiger partial charge in [0.2, 0.25) is 17.5 Å². The number of halogens is 1. The fourth-order valence-electron chi connectivity index (χ4n) is 3.36. The van der Waals surface area contributed by atoms with Crippen LogP contribution in [0.25, 0.3) is 28.9 Å². The predicted molar refractivity (Wildman–Crippen MR) is 134 cm³/mol. The van der Waals surface area contributed by atoms with Crippen LogP contribution in [-0.4, -0.2) is 37.4 Å². The standard InChI is InChI=1S/C26H22ClN3O5/c1-32-21-14-17(15-22(33-2)24(21)34-3)25-29-26(35-30-25)19-6-4-5-7-20(19)28-23(31)13-10-16-8-11-18(27)12-9-16/h4-15H,1-3H3,(H,28,31)/b13-10+. The molecular weight excluding hydrogens is 470 g/mol. The second-order valence-electron chi connectivity index (χ2n) is 7.26. The summed E-state index contributed by atoms with van der Waals surface area (Å²) in [5.74, 6) is 1.65. The molecule has 0 atom stereocenters. The van der Waals surface area contributed by atoms with E-state index in [0.29, 0.717) is 44.9 Å². The molecule has 0 saturated heterocycles. The van der Waals surface area contributed by atoms with E-state index in [1.54, 1.807) is 48.5 Å². The summed E-state index contributed by atoms with van der Waals surface area (Å²) in [4.78, 5) is 17.0. The first-order valence-corrected chi connectivity index (χ1v) is 10.9. The number of nitrogens with one attached hydrogen (secondary N) is 1. The Bertz CT molecular complexity index is 1340. The molecule has 0 saturated carbocycles. The first kappa shape index (κ1) is 23.8. The number of carbonyl (C=O) groups excluding carboxylic acids is 1. The number of carbonyl (C=O) groups is 1. The average molecular weight is 492 g/mol. The van der Waals surface area contributed by atoms with Crippen LogP contribution in [0.4, 0.5) is 5.69 Å². The summed E-state index contributed by atoms with van der Waals surface area (Å²) in [5, 5.41) is 7.58. The second kappa shape index (κ2) is 10.8. The quantitative estimate of drug-likeness (QED) is 0.314. The van der Waals surface area contributed by atoms with E-state index >= 15 is 0 Å². The summed E-state index contributed by atoms with van der Waals surface area (Å²) in [5.41, 5.74) is 2.57. The fourth-order valence-corrected chi connectivity index (χ4v) is 3.49. The third kappa shape index (κ3) is 5.44. The highest BCUT2D eigenvalue weighted by Crippen LogP contribution is 2.41. The maximum absolute atomic E-state index is 12.5. The monoisotopic (exact) mass is 491 g/mol. The van der Waals surface area contributed by atoms with Gasteiger partial charge in [-0.25, -0.2) is 0 Å². The SMILES string of the molecule is COc1cc(-c2noc(-c3ccccc3NC(=O)/C=C/c3ccc(Cl)cc3)n2)cc(OC)c1OC. The van der Waals surface area contributed by atoms with Crippen molar-refractivity contribution < 1.29 is 23.5 Å². The van der Waals surface area contributed by atoms with Gasteiger partial charge >= 0.3 is 0 Å². The van der Waals surface area contributed by atoms with Crippen molar-refractivity contribution in [1.82, 2.24) is 10.1 Å². The zero-order valence-corrected chi connectivity index (χ0v) is 20.0. The van der Waals surface area contributed by atoms with Crippen LogP contribution in [0.1, 0.15) is 5.56 Å². The second-order valence-corrected chi connectivity index (χ2v) is 7.69. The van der Waals surface area contributed by atoms with Crippen molar-refractivity contribution in [2.45, 2.75) is 0 Å². The van der Waals surface area contributed by atoms with Gasteiger partial charge in [0.05, 0.1) is 32.6 Å². The summed E-state index contributed by atoms with van der Waals surface area (Å²) in [6.07, 6.45) is 3.14. The van der Waals surface area contributed by atoms with Crippen molar-refractivity contribution in [2.24, 2.45) is 0 Å². The van der Waals surface area contributed by atoms with E-state index < -0.39 is 0 Å². The number of hydrogen-bond donors (Lipinski definition) is 1. The Morgan fingerprint density at radius 1 is 0.971 bits per heavy atom. The van der Waals surface area contributed by atoms with Crippen molar-refractivity contribution in [3.63, 3.8) is 0 Å². The lowest BCUT2D eigenvalue weighted by molar-refractivity contribution is -0.111. The average Bonchev–Trinajstić information content (AvgIpc) is 3.38. The number of nitrogens with zero attached hydrogens (tertiary/aromatic N) is 2. The Morgan fingerprint density at radius 2 is 1.66 bits per heavy atom. The molecule has 4 aromatic rings. The van der Waals surface area contributed by atoms with Crippen LogP contribution >= 0.6 is 11.6 Å². The molecule has 0 bridgehead atoms. The van der Waals surface area contributed by atoms with Gasteiger partial charge in [-0.05, 0) is 48.0 Å². The summed E-state index contributed by atoms with van der Waals surface area (Å²) in [6, 6.07) is 17.8. The molecule has 0 fully saturated rings. The minimum absolute atomic E-state index is 0.242. The van der Waals surface area contributed by atoms with Gasteiger partial charge in [0, 0.05) is 16.7 Å². The molecule has 8 nitrogen and oxygen atoms in total. The number of rotatable bonds is 8. The normalized spacial score (nSPS) is 10.9. The molecule has 1 amide bonds. The molecular formula is C26H22ClN3O5. The number of para-hydroxylation sites is 1. The zero-order valence-electron chi connectivity index (χ0n) is 19.2. The van der Waals surface area contributed by atoms with Gasteiger partial charge < -0.3 is 24.1 Å². The predicted octanol–water partition coefficient (Wildman–Crippen LogP) is 5.73. The maximum atomic E-state index is 12.5. The summed E-state index contributed by atoms with van der Waals surface area (Å²) in [6.45, 7) is 0. The first-order valence-electron chi connectivity index (χ1n) is 10.5. The van der Waals surface area contributed by atoms with Gasteiger partial charge in [-0.1, -0.05) is 41.0 Å². The van der Waals surface area contributed by atoms with Crippen LogP contribution < -0.4 is 19.5 Å². The third-order valence-corrected chi connectivity index (χ3v) is 5.31. The molecule has 35 heavy (non-hydrogen) atoms. The van der Waals surface area contributed by atoms with E-state index in [1.165, 1.54) is 27.4 Å². The minimum Gasteiger partial charge on any atom is -0.493 e. The molecule has 0 spiro atoms. The molecule has 0 aliphatic carbocycles. The van der Waals surface area contributed by atoms with Gasteiger partial charge in [-0.3, -0.25) is 4.79 Å². The minimum atomic E-state index is -0.309.